The number of nitrogens with zero attached hydrogens (tertiary/aromatic N) is 1. The van der Waals surface area contributed by atoms with E-state index < -0.39 is 24.0 Å². The number of amidine groups is 1. The van der Waals surface area contributed by atoms with E-state index in [1.54, 1.807) is 35.6 Å². The second-order valence-corrected chi connectivity index (χ2v) is 8.05. The number of hydrogen-bond acceptors (Lipinski definition) is 6. The normalized spacial score (nSPS) is 17.1. The summed E-state index contributed by atoms with van der Waals surface area (Å²) in [7, 11) is 0. The molecule has 1 aromatic heterocycles. The molecule has 1 unspecified atom stereocenters. The summed E-state index contributed by atoms with van der Waals surface area (Å²) >= 11 is 1.61. The number of aliphatic hydroxyl groups is 1. The Bertz CT molecular complexity index is 1110. The van der Waals surface area contributed by atoms with Crippen LogP contribution in [0.2, 0.25) is 0 Å². The lowest BCUT2D eigenvalue weighted by molar-refractivity contribution is -0.150. The quantitative estimate of drug-likeness (QED) is 0.339. The van der Waals surface area contributed by atoms with Gasteiger partial charge in [-0.1, -0.05) is 12.1 Å². The molecule has 9 heteroatoms. The number of carbonyl (C=O) groups excluding carboxylic acids is 2. The van der Waals surface area contributed by atoms with E-state index in [0.29, 0.717) is 23.5 Å². The zero-order valence-corrected chi connectivity index (χ0v) is 17.8. The molecule has 3 aromatic rings. The molecular formula is C23H22N4O4S. The molecule has 164 valence electrons. The van der Waals surface area contributed by atoms with E-state index in [1.165, 1.54) is 4.90 Å². The van der Waals surface area contributed by atoms with Crippen molar-refractivity contribution in [2.75, 3.05) is 23.4 Å². The van der Waals surface area contributed by atoms with Gasteiger partial charge in [-0.15, -0.1) is 0 Å². The molecular weight excluding hydrogens is 428 g/mol. The second kappa shape index (κ2) is 9.31. The van der Waals surface area contributed by atoms with Crippen LogP contribution >= 0.6 is 11.3 Å². The van der Waals surface area contributed by atoms with E-state index in [-0.39, 0.29) is 12.4 Å². The van der Waals surface area contributed by atoms with Crippen LogP contribution in [0.5, 0.6) is 0 Å². The highest BCUT2D eigenvalue weighted by Crippen LogP contribution is 2.27. The van der Waals surface area contributed by atoms with Crippen LogP contribution in [-0.4, -0.2) is 48.1 Å². The van der Waals surface area contributed by atoms with Crippen LogP contribution in [0.3, 0.4) is 0 Å². The van der Waals surface area contributed by atoms with E-state index >= 15 is 0 Å². The third kappa shape index (κ3) is 4.54. The molecule has 2 atom stereocenters. The molecule has 2 heterocycles. The van der Waals surface area contributed by atoms with E-state index in [9.17, 15) is 14.7 Å². The predicted molar refractivity (Wildman–Crippen MR) is 124 cm³/mol. The van der Waals surface area contributed by atoms with Crippen LogP contribution in [-0.2, 0) is 14.3 Å². The first kappa shape index (κ1) is 21.7. The number of aliphatic hydroxyl groups excluding tert-OH is 1. The summed E-state index contributed by atoms with van der Waals surface area (Å²) in [6.45, 7) is 0.522. The van der Waals surface area contributed by atoms with Crippen molar-refractivity contribution in [3.05, 3.63) is 70.9 Å². The summed E-state index contributed by atoms with van der Waals surface area (Å²) < 4.78 is 5.45. The van der Waals surface area contributed by atoms with Gasteiger partial charge in [0.25, 0.3) is 11.8 Å². The molecule has 5 N–H and O–H groups in total. The number of amides is 2. The Hall–Kier alpha value is -3.53. The Morgan fingerprint density at radius 2 is 1.88 bits per heavy atom. The molecule has 1 aliphatic rings. The predicted octanol–water partition coefficient (Wildman–Crippen LogP) is 2.43. The van der Waals surface area contributed by atoms with Gasteiger partial charge in [0.1, 0.15) is 5.84 Å². The van der Waals surface area contributed by atoms with Crippen LogP contribution in [0.25, 0.3) is 11.1 Å². The molecule has 0 saturated carbocycles. The number of ether oxygens (including phenoxy) is 1. The number of nitrogen functional groups attached to an aromatic ring is 1. The smallest absolute Gasteiger partial charge is 0.259 e. The van der Waals surface area contributed by atoms with Crippen LogP contribution < -0.4 is 16.0 Å². The number of rotatable bonds is 6. The Morgan fingerprint density at radius 1 is 1.16 bits per heavy atom. The van der Waals surface area contributed by atoms with Crippen molar-refractivity contribution in [2.45, 2.75) is 12.2 Å². The van der Waals surface area contributed by atoms with Crippen LogP contribution in [0, 0.1) is 5.41 Å². The van der Waals surface area contributed by atoms with Gasteiger partial charge < -0.3 is 25.8 Å². The maximum atomic E-state index is 13.0. The molecule has 0 spiro atoms. The van der Waals surface area contributed by atoms with Crippen LogP contribution in [0.15, 0.2) is 65.4 Å². The van der Waals surface area contributed by atoms with Crippen molar-refractivity contribution < 1.29 is 19.4 Å². The van der Waals surface area contributed by atoms with Crippen molar-refractivity contribution in [1.29, 1.82) is 5.41 Å². The average Bonchev–Trinajstić information content (AvgIpc) is 3.34. The Morgan fingerprint density at radius 3 is 2.50 bits per heavy atom. The highest BCUT2D eigenvalue weighted by Gasteiger charge is 2.39. The molecule has 0 aliphatic carbocycles. The number of thiophene rings is 1. The minimum absolute atomic E-state index is 0.0902. The van der Waals surface area contributed by atoms with Gasteiger partial charge in [0, 0.05) is 23.5 Å². The van der Waals surface area contributed by atoms with E-state index in [0.717, 1.165) is 11.1 Å². The fourth-order valence-corrected chi connectivity index (χ4v) is 4.10. The summed E-state index contributed by atoms with van der Waals surface area (Å²) in [5.74, 6) is -1.32. The largest absolute Gasteiger partial charge is 0.384 e. The first-order chi connectivity index (χ1) is 15.4. The number of benzene rings is 2. The van der Waals surface area contributed by atoms with Gasteiger partial charge in [0.2, 0.25) is 0 Å². The van der Waals surface area contributed by atoms with Crippen molar-refractivity contribution in [2.24, 2.45) is 5.73 Å². The Kier molecular flexibility index (Phi) is 6.31. The molecule has 0 radical (unpaired) electrons. The zero-order valence-electron chi connectivity index (χ0n) is 17.0. The van der Waals surface area contributed by atoms with Gasteiger partial charge >= 0.3 is 0 Å². The summed E-state index contributed by atoms with van der Waals surface area (Å²) in [6, 6.07) is 15.9. The van der Waals surface area contributed by atoms with Gasteiger partial charge in [-0.2, -0.15) is 11.3 Å². The fraction of sp³-hybridized carbons (Fsp3) is 0.174. The zero-order chi connectivity index (χ0) is 22.7. The van der Waals surface area contributed by atoms with Crippen LogP contribution in [0.4, 0.5) is 11.4 Å². The van der Waals surface area contributed by atoms with Crippen molar-refractivity contribution >= 4 is 40.4 Å². The number of nitrogens with two attached hydrogens (primary N) is 1. The SMILES string of the molecule is N=C(N)c1ccc(NC(=O)C(O)[C@H]2OCCN(c3ccc(-c4ccsc4)cc3)C2=O)cc1. The molecule has 2 aromatic carbocycles. The van der Waals surface area contributed by atoms with Crippen molar-refractivity contribution in [1.82, 2.24) is 0 Å². The standard InChI is InChI=1S/C23H22N4O4S/c24-21(25)15-1-5-17(6-2-15)26-22(29)19(28)20-23(30)27(10-11-31-20)18-7-3-14(4-8-18)16-9-12-32-13-16/h1-9,12-13,19-20,28H,10-11H2,(H3,24,25)(H,26,29)/t19?,20-/m1/s1. The van der Waals surface area contributed by atoms with Gasteiger partial charge in [0.05, 0.1) is 6.61 Å². The third-order valence-corrected chi connectivity index (χ3v) is 5.86. The second-order valence-electron chi connectivity index (χ2n) is 7.27. The molecule has 4 rings (SSSR count). The summed E-state index contributed by atoms with van der Waals surface area (Å²) in [5.41, 5.74) is 9.16. The highest BCUT2D eigenvalue weighted by atomic mass is 32.1. The summed E-state index contributed by atoms with van der Waals surface area (Å²) in [6.07, 6.45) is -2.99. The number of anilines is 2. The number of carbonyl (C=O) groups is 2. The summed E-state index contributed by atoms with van der Waals surface area (Å²) in [5, 5.41) is 24.5. The minimum atomic E-state index is -1.68. The molecule has 2 amide bonds. The lowest BCUT2D eigenvalue weighted by atomic mass is 10.1. The fourth-order valence-electron chi connectivity index (χ4n) is 3.44. The molecule has 1 saturated heterocycles. The Balaban J connectivity index is 1.43. The lowest BCUT2D eigenvalue weighted by Gasteiger charge is -2.34. The molecule has 0 bridgehead atoms. The van der Waals surface area contributed by atoms with Crippen LogP contribution in [0.1, 0.15) is 5.56 Å². The Labute approximate surface area is 188 Å². The van der Waals surface area contributed by atoms with Gasteiger partial charge in [0.15, 0.2) is 12.2 Å². The number of morpholine rings is 1. The topological polar surface area (TPSA) is 129 Å². The first-order valence-corrected chi connectivity index (χ1v) is 10.9. The van der Waals surface area contributed by atoms with E-state index in [2.05, 4.69) is 5.32 Å². The van der Waals surface area contributed by atoms with Gasteiger partial charge in [-0.3, -0.25) is 15.0 Å². The monoisotopic (exact) mass is 450 g/mol. The van der Waals surface area contributed by atoms with E-state index in [4.69, 9.17) is 15.9 Å². The number of hydrogen-bond donors (Lipinski definition) is 4. The third-order valence-electron chi connectivity index (χ3n) is 5.17. The maximum Gasteiger partial charge on any atom is 0.259 e. The maximum absolute atomic E-state index is 13.0. The lowest BCUT2D eigenvalue weighted by Crippen LogP contribution is -2.55. The molecule has 1 fully saturated rings. The molecule has 32 heavy (non-hydrogen) atoms. The molecule has 8 nitrogen and oxygen atoms in total. The first-order valence-electron chi connectivity index (χ1n) is 9.93. The average molecular weight is 451 g/mol. The number of nitrogens with one attached hydrogen (secondary N) is 2. The minimum Gasteiger partial charge on any atom is -0.384 e. The molecule has 1 aliphatic heterocycles. The van der Waals surface area contributed by atoms with E-state index in [1.807, 2.05) is 41.1 Å². The van der Waals surface area contributed by atoms with Crippen molar-refractivity contribution in [3.8, 4) is 11.1 Å². The van der Waals surface area contributed by atoms with Crippen molar-refractivity contribution in [3.63, 3.8) is 0 Å². The highest BCUT2D eigenvalue weighted by molar-refractivity contribution is 7.08. The summed E-state index contributed by atoms with van der Waals surface area (Å²) in [4.78, 5) is 27.0. The van der Waals surface area contributed by atoms with Gasteiger partial charge in [-0.25, -0.2) is 0 Å². The van der Waals surface area contributed by atoms with Gasteiger partial charge in [-0.05, 0) is 64.4 Å².